The number of rotatable bonds is 0. The van der Waals surface area contributed by atoms with Gasteiger partial charge >= 0.3 is 0 Å². The first-order valence-corrected chi connectivity index (χ1v) is 6.23. The minimum absolute atomic E-state index is 0.850. The second-order valence-corrected chi connectivity index (χ2v) is 4.42. The maximum absolute atomic E-state index is 5.76. The van der Waals surface area contributed by atoms with Crippen molar-refractivity contribution in [2.45, 2.75) is 6.92 Å². The highest BCUT2D eigenvalue weighted by Gasteiger charge is 1.92. The van der Waals surface area contributed by atoms with Gasteiger partial charge in [0.25, 0.3) is 0 Å². The third-order valence-electron chi connectivity index (χ3n) is 3.01. The SMILES string of the molecule is Cc1ccccc1N.Nc1cccc2ccccc12. The number of nitrogens with two attached hydrogens (primary N) is 2. The summed E-state index contributed by atoms with van der Waals surface area (Å²) in [6.45, 7) is 2.00. The van der Waals surface area contributed by atoms with Gasteiger partial charge in [-0.25, -0.2) is 0 Å². The molecule has 0 aliphatic carbocycles. The van der Waals surface area contributed by atoms with Gasteiger partial charge in [-0.3, -0.25) is 0 Å². The quantitative estimate of drug-likeness (QED) is 0.592. The van der Waals surface area contributed by atoms with Gasteiger partial charge in [0.2, 0.25) is 0 Å². The summed E-state index contributed by atoms with van der Waals surface area (Å²) in [6, 6.07) is 21.9. The van der Waals surface area contributed by atoms with Crippen LogP contribution in [-0.2, 0) is 0 Å². The Labute approximate surface area is 113 Å². The molecule has 0 atom stereocenters. The van der Waals surface area contributed by atoms with Crippen molar-refractivity contribution in [3.8, 4) is 0 Å². The second-order valence-electron chi connectivity index (χ2n) is 4.42. The summed E-state index contributed by atoms with van der Waals surface area (Å²) in [5.74, 6) is 0. The maximum Gasteiger partial charge on any atom is 0.0393 e. The van der Waals surface area contributed by atoms with Crippen molar-refractivity contribution in [1.82, 2.24) is 0 Å². The summed E-state index contributed by atoms with van der Waals surface area (Å²) in [6.07, 6.45) is 0. The van der Waals surface area contributed by atoms with Gasteiger partial charge in [0.1, 0.15) is 0 Å². The van der Waals surface area contributed by atoms with Crippen molar-refractivity contribution >= 4 is 22.1 Å². The van der Waals surface area contributed by atoms with Crippen LogP contribution in [0, 0.1) is 6.92 Å². The predicted molar refractivity (Wildman–Crippen MR) is 84.0 cm³/mol. The number of hydrogen-bond acceptors (Lipinski definition) is 2. The van der Waals surface area contributed by atoms with Gasteiger partial charge in [-0.1, -0.05) is 54.6 Å². The Morgan fingerprint density at radius 1 is 0.632 bits per heavy atom. The minimum atomic E-state index is 0.850. The van der Waals surface area contributed by atoms with Crippen LogP contribution >= 0.6 is 0 Å². The Hall–Kier alpha value is -2.48. The monoisotopic (exact) mass is 250 g/mol. The van der Waals surface area contributed by atoms with E-state index in [0.29, 0.717) is 0 Å². The molecule has 0 saturated carbocycles. The highest BCUT2D eigenvalue weighted by atomic mass is 14.5. The molecule has 0 aromatic heterocycles. The lowest BCUT2D eigenvalue weighted by Crippen LogP contribution is -1.85. The van der Waals surface area contributed by atoms with Gasteiger partial charge in [-0.05, 0) is 30.0 Å². The molecular weight excluding hydrogens is 232 g/mol. The summed E-state index contributed by atoms with van der Waals surface area (Å²) in [4.78, 5) is 0. The van der Waals surface area contributed by atoms with Gasteiger partial charge < -0.3 is 11.5 Å². The lowest BCUT2D eigenvalue weighted by atomic mass is 10.1. The Kier molecular flexibility index (Phi) is 4.04. The largest absolute Gasteiger partial charge is 0.399 e. The Balaban J connectivity index is 0.000000148. The number of aryl methyl sites for hydroxylation is 1. The van der Waals surface area contributed by atoms with Gasteiger partial charge in [0, 0.05) is 16.8 Å². The molecular formula is C17H18N2. The van der Waals surface area contributed by atoms with Crippen LogP contribution < -0.4 is 11.5 Å². The van der Waals surface area contributed by atoms with Crippen LogP contribution in [0.5, 0.6) is 0 Å². The van der Waals surface area contributed by atoms with Crippen LogP contribution in [0.25, 0.3) is 10.8 Å². The third-order valence-corrected chi connectivity index (χ3v) is 3.01. The molecule has 0 aliphatic heterocycles. The first kappa shape index (κ1) is 13.0. The van der Waals surface area contributed by atoms with Crippen molar-refractivity contribution in [2.75, 3.05) is 11.5 Å². The average molecular weight is 250 g/mol. The van der Waals surface area contributed by atoms with E-state index >= 15 is 0 Å². The summed E-state index contributed by atoms with van der Waals surface area (Å²) < 4.78 is 0. The van der Waals surface area contributed by atoms with E-state index in [1.54, 1.807) is 0 Å². The number of nitrogen functional groups attached to an aromatic ring is 2. The fraction of sp³-hybridized carbons (Fsp3) is 0.0588. The number of anilines is 2. The first-order valence-electron chi connectivity index (χ1n) is 6.23. The molecule has 0 aliphatic rings. The molecule has 19 heavy (non-hydrogen) atoms. The van der Waals surface area contributed by atoms with Crippen LogP contribution in [0.4, 0.5) is 11.4 Å². The fourth-order valence-corrected chi connectivity index (χ4v) is 1.84. The molecule has 4 N–H and O–H groups in total. The topological polar surface area (TPSA) is 52.0 Å². The van der Waals surface area contributed by atoms with Crippen LogP contribution in [0.1, 0.15) is 5.56 Å². The minimum Gasteiger partial charge on any atom is -0.399 e. The smallest absolute Gasteiger partial charge is 0.0393 e. The summed E-state index contributed by atoms with van der Waals surface area (Å²) in [5, 5.41) is 2.34. The van der Waals surface area contributed by atoms with E-state index in [1.165, 1.54) is 5.39 Å². The number of benzene rings is 3. The summed E-state index contributed by atoms with van der Waals surface area (Å²) in [5.41, 5.74) is 14.1. The lowest BCUT2D eigenvalue weighted by Gasteiger charge is -1.98. The second kappa shape index (κ2) is 5.91. The number of para-hydroxylation sites is 1. The van der Waals surface area contributed by atoms with E-state index in [2.05, 4.69) is 12.1 Å². The van der Waals surface area contributed by atoms with Crippen LogP contribution in [0.3, 0.4) is 0 Å². The molecule has 0 amide bonds. The molecule has 3 rings (SSSR count). The molecule has 2 nitrogen and oxygen atoms in total. The molecule has 0 bridgehead atoms. The molecule has 3 aromatic rings. The Bertz CT molecular complexity index is 648. The van der Waals surface area contributed by atoms with Crippen molar-refractivity contribution in [2.24, 2.45) is 0 Å². The van der Waals surface area contributed by atoms with E-state index in [9.17, 15) is 0 Å². The molecule has 96 valence electrons. The zero-order valence-electron chi connectivity index (χ0n) is 11.0. The zero-order valence-corrected chi connectivity index (χ0v) is 11.0. The number of hydrogen-bond donors (Lipinski definition) is 2. The molecule has 0 spiro atoms. The van der Waals surface area contributed by atoms with Gasteiger partial charge in [-0.15, -0.1) is 0 Å². The van der Waals surface area contributed by atoms with Crippen molar-refractivity contribution in [1.29, 1.82) is 0 Å². The molecule has 0 radical (unpaired) electrons. The van der Waals surface area contributed by atoms with E-state index in [4.69, 9.17) is 11.5 Å². The van der Waals surface area contributed by atoms with Crippen LogP contribution in [0.2, 0.25) is 0 Å². The van der Waals surface area contributed by atoms with E-state index in [-0.39, 0.29) is 0 Å². The maximum atomic E-state index is 5.76. The van der Waals surface area contributed by atoms with Crippen LogP contribution in [-0.4, -0.2) is 0 Å². The van der Waals surface area contributed by atoms with E-state index < -0.39 is 0 Å². The summed E-state index contributed by atoms with van der Waals surface area (Å²) in [7, 11) is 0. The molecule has 0 saturated heterocycles. The lowest BCUT2D eigenvalue weighted by molar-refractivity contribution is 1.47. The zero-order chi connectivity index (χ0) is 13.7. The van der Waals surface area contributed by atoms with Gasteiger partial charge in [0.15, 0.2) is 0 Å². The van der Waals surface area contributed by atoms with Crippen molar-refractivity contribution in [3.63, 3.8) is 0 Å². The standard InChI is InChI=1S/C10H9N.C7H9N/c11-10-7-3-5-8-4-1-2-6-9(8)10;1-6-4-2-3-5-7(6)8/h1-7H,11H2;2-5H,8H2,1H3. The van der Waals surface area contributed by atoms with Crippen molar-refractivity contribution in [3.05, 3.63) is 72.3 Å². The highest BCUT2D eigenvalue weighted by molar-refractivity contribution is 5.92. The highest BCUT2D eigenvalue weighted by Crippen LogP contribution is 2.19. The Morgan fingerprint density at radius 2 is 1.21 bits per heavy atom. The first-order chi connectivity index (χ1) is 9.18. The Morgan fingerprint density at radius 3 is 1.84 bits per heavy atom. The number of fused-ring (bicyclic) bond motifs is 1. The summed E-state index contributed by atoms with van der Waals surface area (Å²) >= 11 is 0. The van der Waals surface area contributed by atoms with Crippen LogP contribution in [0.15, 0.2) is 66.7 Å². The van der Waals surface area contributed by atoms with Gasteiger partial charge in [0.05, 0.1) is 0 Å². The van der Waals surface area contributed by atoms with E-state index in [1.807, 2.05) is 61.5 Å². The van der Waals surface area contributed by atoms with Gasteiger partial charge in [-0.2, -0.15) is 0 Å². The fourth-order valence-electron chi connectivity index (χ4n) is 1.84. The average Bonchev–Trinajstić information content (AvgIpc) is 2.44. The normalized spacial score (nSPS) is 9.74. The molecule has 0 fully saturated rings. The third kappa shape index (κ3) is 3.26. The predicted octanol–water partition coefficient (Wildman–Crippen LogP) is 4.00. The van der Waals surface area contributed by atoms with Crippen molar-refractivity contribution < 1.29 is 0 Å². The molecule has 0 heterocycles. The van der Waals surface area contributed by atoms with E-state index in [0.717, 1.165) is 22.3 Å². The molecule has 0 unspecified atom stereocenters. The molecule has 2 heteroatoms. The molecule has 3 aromatic carbocycles.